The van der Waals surface area contributed by atoms with E-state index in [-0.39, 0.29) is 11.8 Å². The predicted octanol–water partition coefficient (Wildman–Crippen LogP) is 0.702. The molecule has 4 N–H and O–H groups in total. The third-order valence-electron chi connectivity index (χ3n) is 7.48. The van der Waals surface area contributed by atoms with Crippen LogP contribution in [0.5, 0.6) is 0 Å². The molecule has 4 rings (SSSR count). The van der Waals surface area contributed by atoms with Crippen molar-refractivity contribution in [3.8, 4) is 0 Å². The summed E-state index contributed by atoms with van der Waals surface area (Å²) in [5.41, 5.74) is 12.1. The van der Waals surface area contributed by atoms with Crippen molar-refractivity contribution in [3.05, 3.63) is 60.2 Å². The molecule has 0 aliphatic carbocycles. The number of hydrogen-bond acceptors (Lipinski definition) is 4. The van der Waals surface area contributed by atoms with Gasteiger partial charge in [-0.25, -0.2) is 9.13 Å². The van der Waals surface area contributed by atoms with Gasteiger partial charge in [-0.15, -0.1) is 0 Å². The number of likely N-dealkylation sites (tertiary alicyclic amines) is 2. The van der Waals surface area contributed by atoms with Crippen molar-refractivity contribution in [1.29, 1.82) is 0 Å². The summed E-state index contributed by atoms with van der Waals surface area (Å²) in [6.07, 6.45) is 14.5. The van der Waals surface area contributed by atoms with Gasteiger partial charge < -0.3 is 21.3 Å². The number of unbranched alkanes of at least 4 members (excludes halogenated alkanes) is 3. The molecule has 0 radical (unpaired) electrons. The van der Waals surface area contributed by atoms with Gasteiger partial charge in [-0.2, -0.15) is 0 Å². The molecule has 38 heavy (non-hydrogen) atoms. The van der Waals surface area contributed by atoms with E-state index in [1.165, 1.54) is 0 Å². The first-order valence-corrected chi connectivity index (χ1v) is 13.5. The highest BCUT2D eigenvalue weighted by Gasteiger charge is 2.35. The molecule has 2 aliphatic rings. The summed E-state index contributed by atoms with van der Waals surface area (Å²) in [5.74, 6) is -1.18. The molecule has 2 atom stereocenters. The quantitative estimate of drug-likeness (QED) is 0.332. The monoisotopic (exact) mass is 522 g/mol. The molecule has 4 amide bonds. The third-order valence-corrected chi connectivity index (χ3v) is 7.48. The first-order valence-electron chi connectivity index (χ1n) is 13.5. The second-order valence-corrected chi connectivity index (χ2v) is 10.2. The summed E-state index contributed by atoms with van der Waals surface area (Å²) in [6.45, 7) is 2.72. The van der Waals surface area contributed by atoms with Crippen LogP contribution < -0.4 is 20.6 Å². The van der Waals surface area contributed by atoms with Crippen LogP contribution in [0.2, 0.25) is 0 Å². The number of carbonyl (C=O) groups is 4. The molecule has 202 valence electrons. The van der Waals surface area contributed by atoms with Crippen molar-refractivity contribution in [2.45, 2.75) is 76.5 Å². The van der Waals surface area contributed by atoms with E-state index in [9.17, 15) is 19.2 Å². The molecule has 10 heteroatoms. The molecule has 2 aromatic rings. The Labute approximate surface area is 223 Å². The lowest BCUT2D eigenvalue weighted by atomic mass is 10.1. The van der Waals surface area contributed by atoms with Gasteiger partial charge in [-0.05, 0) is 50.7 Å². The maximum absolute atomic E-state index is 12.9. The highest BCUT2D eigenvalue weighted by molar-refractivity contribution is 5.98. The Morgan fingerprint density at radius 2 is 1.13 bits per heavy atom. The lowest BCUT2D eigenvalue weighted by Gasteiger charge is -2.21. The molecule has 2 saturated heterocycles. The Morgan fingerprint density at radius 1 is 0.711 bits per heavy atom. The van der Waals surface area contributed by atoms with Crippen molar-refractivity contribution in [2.75, 3.05) is 13.1 Å². The van der Waals surface area contributed by atoms with Crippen LogP contribution in [0.4, 0.5) is 0 Å². The number of aromatic nitrogens is 2. The van der Waals surface area contributed by atoms with Crippen molar-refractivity contribution < 1.29 is 28.3 Å². The molecule has 0 spiro atoms. The van der Waals surface area contributed by atoms with Crippen LogP contribution in [0, 0.1) is 0 Å². The molecule has 0 saturated carbocycles. The number of aryl methyl sites for hydroxylation is 2. The minimum absolute atomic E-state index is 0.145. The van der Waals surface area contributed by atoms with Gasteiger partial charge in [0.05, 0.1) is 0 Å². The number of nitrogens with two attached hydrogens (primary N) is 2. The Kier molecular flexibility index (Phi) is 9.04. The predicted molar refractivity (Wildman–Crippen MR) is 138 cm³/mol. The standard InChI is InChI=1S/C28H36N6O4/c29-25(35)23-11-7-17-33(23)27(37)21-9-5-15-31(19-21)13-3-1-2-4-14-32-16-6-10-22(20-32)28(38)34-18-8-12-24(34)26(30)36/h5-6,9-10,15-16,19-20,23-24H,1-4,7-8,11-14,17-18H2,(H2-2,29,30,35,36)/p+2/t23-,24-/m1/s1. The van der Waals surface area contributed by atoms with Crippen molar-refractivity contribution in [1.82, 2.24) is 9.80 Å². The Morgan fingerprint density at radius 3 is 1.53 bits per heavy atom. The first kappa shape index (κ1) is 27.2. The maximum atomic E-state index is 12.9. The Balaban J connectivity index is 1.21. The van der Waals surface area contributed by atoms with Crippen LogP contribution in [0.1, 0.15) is 72.1 Å². The van der Waals surface area contributed by atoms with E-state index >= 15 is 0 Å². The highest BCUT2D eigenvalue weighted by atomic mass is 16.2. The normalized spacial score (nSPS) is 19.1. The summed E-state index contributed by atoms with van der Waals surface area (Å²) in [5, 5.41) is 0. The second kappa shape index (κ2) is 12.6. The smallest absolute Gasteiger partial charge is 0.260 e. The minimum atomic E-state index is -0.514. The van der Waals surface area contributed by atoms with Gasteiger partial charge in [0, 0.05) is 38.1 Å². The van der Waals surface area contributed by atoms with Crippen molar-refractivity contribution in [3.63, 3.8) is 0 Å². The van der Waals surface area contributed by atoms with Gasteiger partial charge in [0.1, 0.15) is 36.3 Å². The van der Waals surface area contributed by atoms with E-state index < -0.39 is 23.9 Å². The van der Waals surface area contributed by atoms with Crippen LogP contribution in [0.25, 0.3) is 0 Å². The number of amides is 4. The molecule has 0 aromatic carbocycles. The Hall–Kier alpha value is -3.82. The highest BCUT2D eigenvalue weighted by Crippen LogP contribution is 2.20. The number of primary amides is 2. The van der Waals surface area contributed by atoms with Crippen LogP contribution in [0.15, 0.2) is 49.1 Å². The molecule has 2 aromatic heterocycles. The summed E-state index contributed by atoms with van der Waals surface area (Å²) in [4.78, 5) is 52.3. The van der Waals surface area contributed by atoms with Crippen LogP contribution in [-0.2, 0) is 22.7 Å². The van der Waals surface area contributed by atoms with E-state index in [4.69, 9.17) is 11.5 Å². The van der Waals surface area contributed by atoms with Gasteiger partial charge in [0.25, 0.3) is 11.8 Å². The van der Waals surface area contributed by atoms with Crippen LogP contribution in [0.3, 0.4) is 0 Å². The molecule has 0 unspecified atom stereocenters. The average molecular weight is 523 g/mol. The Bertz CT molecular complexity index is 1090. The topological polar surface area (TPSA) is 135 Å². The fourth-order valence-electron chi connectivity index (χ4n) is 5.46. The fraction of sp³-hybridized carbons (Fsp3) is 0.500. The van der Waals surface area contributed by atoms with Crippen molar-refractivity contribution >= 4 is 23.6 Å². The van der Waals surface area contributed by atoms with Gasteiger partial charge in [0.2, 0.25) is 11.8 Å². The lowest BCUT2D eigenvalue weighted by molar-refractivity contribution is -0.699. The molecule has 10 nitrogen and oxygen atoms in total. The zero-order valence-electron chi connectivity index (χ0n) is 21.8. The molecule has 0 bridgehead atoms. The SMILES string of the molecule is NC(=O)[C@H]1CCCN1C(=O)c1ccc[n+](CCCCCC[n+]2cccc(C(=O)N3CCC[C@@H]3C(N)=O)c2)c1. The lowest BCUT2D eigenvalue weighted by Crippen LogP contribution is -2.44. The number of rotatable bonds is 11. The summed E-state index contributed by atoms with van der Waals surface area (Å²) >= 11 is 0. The minimum Gasteiger partial charge on any atom is -0.368 e. The van der Waals surface area contributed by atoms with E-state index in [1.54, 1.807) is 21.9 Å². The maximum Gasteiger partial charge on any atom is 0.260 e. The van der Waals surface area contributed by atoms with Crippen molar-refractivity contribution in [2.24, 2.45) is 11.5 Å². The van der Waals surface area contributed by atoms with Crippen LogP contribution >= 0.6 is 0 Å². The second-order valence-electron chi connectivity index (χ2n) is 10.2. The fourth-order valence-corrected chi connectivity index (χ4v) is 5.46. The zero-order chi connectivity index (χ0) is 27.1. The molecule has 2 aliphatic heterocycles. The average Bonchev–Trinajstić information content (AvgIpc) is 3.61. The van der Waals surface area contributed by atoms with E-state index in [0.717, 1.165) is 51.6 Å². The molecular formula is C28H38N6O4+2. The molecule has 4 heterocycles. The zero-order valence-corrected chi connectivity index (χ0v) is 21.8. The van der Waals surface area contributed by atoms with Gasteiger partial charge in [-0.3, -0.25) is 19.2 Å². The molecule has 2 fully saturated rings. The van der Waals surface area contributed by atoms with Gasteiger partial charge in [0.15, 0.2) is 24.8 Å². The van der Waals surface area contributed by atoms with Gasteiger partial charge in [-0.1, -0.05) is 0 Å². The van der Waals surface area contributed by atoms with E-state index in [1.807, 2.05) is 46.1 Å². The summed E-state index contributed by atoms with van der Waals surface area (Å²) in [7, 11) is 0. The molecular weight excluding hydrogens is 484 g/mol. The summed E-state index contributed by atoms with van der Waals surface area (Å²) < 4.78 is 4.04. The number of nitrogens with zero attached hydrogens (tertiary/aromatic N) is 4. The van der Waals surface area contributed by atoms with E-state index in [2.05, 4.69) is 0 Å². The van der Waals surface area contributed by atoms with Gasteiger partial charge >= 0.3 is 0 Å². The third kappa shape index (κ3) is 6.54. The van der Waals surface area contributed by atoms with Crippen LogP contribution in [-0.4, -0.2) is 58.6 Å². The largest absolute Gasteiger partial charge is 0.368 e. The summed E-state index contributed by atoms with van der Waals surface area (Å²) in [6, 6.07) is 6.26. The van der Waals surface area contributed by atoms with E-state index in [0.29, 0.717) is 37.1 Å². The number of pyridine rings is 2. The number of carbonyl (C=O) groups excluding carboxylic acids is 4. The first-order chi connectivity index (χ1) is 18.3. The number of hydrogen-bond donors (Lipinski definition) is 2.